The summed E-state index contributed by atoms with van der Waals surface area (Å²) in [5.41, 5.74) is 1.27. The molecule has 2 aromatic carbocycles. The summed E-state index contributed by atoms with van der Waals surface area (Å²) in [6.07, 6.45) is 1.72. The lowest BCUT2D eigenvalue weighted by atomic mass is 10.1. The third-order valence-electron chi connectivity index (χ3n) is 4.01. The van der Waals surface area contributed by atoms with Crippen LogP contribution < -0.4 is 5.32 Å². The van der Waals surface area contributed by atoms with Gasteiger partial charge in [-0.2, -0.15) is 10.4 Å². The Kier molecular flexibility index (Phi) is 7.68. The van der Waals surface area contributed by atoms with Crippen molar-refractivity contribution < 1.29 is 14.1 Å². The smallest absolute Gasteiger partial charge is 0.281 e. The Balaban J connectivity index is 1.68. The highest BCUT2D eigenvalue weighted by atomic mass is 19.2. The molecule has 0 radical (unpaired) electrons. The van der Waals surface area contributed by atoms with Gasteiger partial charge in [-0.25, -0.2) is 4.85 Å². The summed E-state index contributed by atoms with van der Waals surface area (Å²) in [5.74, 6) is -1.03. The number of halogens is 1. The molecule has 0 saturated carbocycles. The molecule has 0 unspecified atom stereocenters. The molecule has 0 aromatic heterocycles. The molecule has 0 aliphatic heterocycles. The molecular formula is C21H19FN4O2. The zero-order valence-electron chi connectivity index (χ0n) is 15.2. The molecule has 0 aliphatic rings. The summed E-state index contributed by atoms with van der Waals surface area (Å²) in [6.45, 7) is 7.32. The summed E-state index contributed by atoms with van der Waals surface area (Å²) < 4.78 is 14.0. The van der Waals surface area contributed by atoms with Gasteiger partial charge in [0.25, 0.3) is 5.91 Å². The number of hydrogen-bond donors (Lipinski definition) is 1. The van der Waals surface area contributed by atoms with Crippen LogP contribution in [0.3, 0.4) is 0 Å². The van der Waals surface area contributed by atoms with Crippen LogP contribution in [0.25, 0.3) is 4.85 Å². The maximum Gasteiger partial charge on any atom is 0.281 e. The van der Waals surface area contributed by atoms with E-state index in [4.69, 9.17) is 11.8 Å². The third kappa shape index (κ3) is 5.93. The van der Waals surface area contributed by atoms with Crippen LogP contribution in [0, 0.1) is 17.9 Å². The molecule has 0 bridgehead atoms. The van der Waals surface area contributed by atoms with Crippen LogP contribution in [0.15, 0.2) is 48.5 Å². The number of hydrogen-bond acceptors (Lipinski definition) is 3. The second-order valence-corrected chi connectivity index (χ2v) is 6.06. The van der Waals surface area contributed by atoms with Crippen LogP contribution in [-0.2, 0) is 0 Å². The molecule has 0 saturated heterocycles. The number of carbonyl (C=O) groups is 2. The fourth-order valence-electron chi connectivity index (χ4n) is 2.54. The van der Waals surface area contributed by atoms with Crippen LogP contribution in [0.1, 0.15) is 45.5 Å². The normalized spacial score (nSPS) is 9.82. The van der Waals surface area contributed by atoms with Gasteiger partial charge in [-0.3, -0.25) is 9.59 Å². The van der Waals surface area contributed by atoms with Gasteiger partial charge in [0.1, 0.15) is 0 Å². The van der Waals surface area contributed by atoms with E-state index in [1.165, 1.54) is 24.3 Å². The minimum atomic E-state index is -0.773. The summed E-state index contributed by atoms with van der Waals surface area (Å²) in [7, 11) is 0. The standard InChI is InChI=1S/C21H19FN4O2/c1-24-19-10-6-8-17(14-19)20(27)25-11-3-2-4-12-26(22)21(28)18-9-5-7-16(13-18)15-23/h5-10,13-14H,2-4,11-12H2,(H,25,27). The van der Waals surface area contributed by atoms with E-state index >= 15 is 0 Å². The Labute approximate surface area is 163 Å². The molecule has 6 nitrogen and oxygen atoms in total. The molecule has 2 amide bonds. The first kappa shape index (κ1) is 20.6. The Morgan fingerprint density at radius 1 is 1.11 bits per heavy atom. The summed E-state index contributed by atoms with van der Waals surface area (Å²) >= 11 is 0. The van der Waals surface area contributed by atoms with Crippen molar-refractivity contribution in [2.45, 2.75) is 19.3 Å². The number of amides is 2. The van der Waals surface area contributed by atoms with Crippen molar-refractivity contribution in [2.75, 3.05) is 13.1 Å². The highest BCUT2D eigenvalue weighted by Gasteiger charge is 2.15. The summed E-state index contributed by atoms with van der Waals surface area (Å²) in [4.78, 5) is 27.3. The maximum atomic E-state index is 14.0. The molecule has 0 heterocycles. The van der Waals surface area contributed by atoms with E-state index in [-0.39, 0.29) is 23.1 Å². The van der Waals surface area contributed by atoms with Gasteiger partial charge in [0.2, 0.25) is 5.91 Å². The second kappa shape index (κ2) is 10.4. The molecule has 0 spiro atoms. The highest BCUT2D eigenvalue weighted by Crippen LogP contribution is 2.13. The quantitative estimate of drug-likeness (QED) is 0.428. The van der Waals surface area contributed by atoms with Crippen molar-refractivity contribution in [3.8, 4) is 6.07 Å². The molecule has 0 fully saturated rings. The van der Waals surface area contributed by atoms with Crippen molar-refractivity contribution in [1.29, 1.82) is 5.26 Å². The molecule has 1 N–H and O–H groups in total. The lowest BCUT2D eigenvalue weighted by molar-refractivity contribution is 0.0187. The monoisotopic (exact) mass is 378 g/mol. The van der Waals surface area contributed by atoms with Crippen LogP contribution in [-0.4, -0.2) is 30.0 Å². The van der Waals surface area contributed by atoms with Crippen molar-refractivity contribution in [3.63, 3.8) is 0 Å². The van der Waals surface area contributed by atoms with Gasteiger partial charge in [0.15, 0.2) is 5.69 Å². The van der Waals surface area contributed by atoms with E-state index in [9.17, 15) is 14.1 Å². The van der Waals surface area contributed by atoms with E-state index in [0.717, 1.165) is 0 Å². The zero-order valence-corrected chi connectivity index (χ0v) is 15.2. The maximum absolute atomic E-state index is 14.0. The SMILES string of the molecule is [C-]#[N+]c1cccc(C(=O)NCCCCCN(F)C(=O)c2cccc(C#N)c2)c1. The van der Waals surface area contributed by atoms with Gasteiger partial charge in [-0.15, -0.1) is 0 Å². The van der Waals surface area contributed by atoms with Gasteiger partial charge >= 0.3 is 0 Å². The third-order valence-corrected chi connectivity index (χ3v) is 4.01. The molecule has 2 aromatic rings. The summed E-state index contributed by atoms with van der Waals surface area (Å²) in [5, 5.41) is 11.7. The van der Waals surface area contributed by atoms with Crippen LogP contribution in [0.2, 0.25) is 0 Å². The number of nitrogens with zero attached hydrogens (tertiary/aromatic N) is 3. The number of nitriles is 1. The lowest BCUT2D eigenvalue weighted by Gasteiger charge is -2.12. The zero-order chi connectivity index (χ0) is 20.4. The number of rotatable bonds is 8. The molecule has 0 aliphatic carbocycles. The first-order chi connectivity index (χ1) is 13.5. The molecule has 142 valence electrons. The van der Waals surface area contributed by atoms with Crippen molar-refractivity contribution in [1.82, 2.24) is 10.4 Å². The van der Waals surface area contributed by atoms with Crippen LogP contribution >= 0.6 is 0 Å². The number of carbonyl (C=O) groups excluding carboxylic acids is 2. The first-order valence-electron chi connectivity index (χ1n) is 8.78. The van der Waals surface area contributed by atoms with E-state index < -0.39 is 5.91 Å². The van der Waals surface area contributed by atoms with E-state index in [1.807, 2.05) is 6.07 Å². The largest absolute Gasteiger partial charge is 0.352 e. The predicted octanol–water partition coefficient (Wildman–Crippen LogP) is 4.04. The summed E-state index contributed by atoms with van der Waals surface area (Å²) in [6, 6.07) is 14.3. The Hall–Kier alpha value is -3.71. The molecule has 0 atom stereocenters. The molecule has 7 heteroatoms. The van der Waals surface area contributed by atoms with Crippen molar-refractivity contribution in [2.24, 2.45) is 0 Å². The van der Waals surface area contributed by atoms with E-state index in [2.05, 4.69) is 10.2 Å². The van der Waals surface area contributed by atoms with E-state index in [0.29, 0.717) is 42.6 Å². The number of nitrogens with one attached hydrogen (secondary N) is 1. The topological polar surface area (TPSA) is 77.6 Å². The highest BCUT2D eigenvalue weighted by molar-refractivity contribution is 5.95. The minimum absolute atomic E-state index is 0.0589. The fraction of sp³-hybridized carbons (Fsp3) is 0.238. The predicted molar refractivity (Wildman–Crippen MR) is 102 cm³/mol. The van der Waals surface area contributed by atoms with Gasteiger partial charge in [-0.05, 0) is 43.5 Å². The Morgan fingerprint density at radius 3 is 2.61 bits per heavy atom. The number of benzene rings is 2. The van der Waals surface area contributed by atoms with Gasteiger partial charge < -0.3 is 5.32 Å². The van der Waals surface area contributed by atoms with Gasteiger partial charge in [0.05, 0.1) is 24.7 Å². The fourth-order valence-corrected chi connectivity index (χ4v) is 2.54. The van der Waals surface area contributed by atoms with Crippen LogP contribution in [0.4, 0.5) is 10.2 Å². The van der Waals surface area contributed by atoms with Crippen LogP contribution in [0.5, 0.6) is 0 Å². The van der Waals surface area contributed by atoms with Gasteiger partial charge in [-0.1, -0.05) is 28.7 Å². The molecule has 28 heavy (non-hydrogen) atoms. The van der Waals surface area contributed by atoms with Crippen molar-refractivity contribution in [3.05, 3.63) is 76.6 Å². The number of unbranched alkanes of at least 4 members (excludes halogenated alkanes) is 2. The minimum Gasteiger partial charge on any atom is -0.352 e. The lowest BCUT2D eigenvalue weighted by Crippen LogP contribution is -2.25. The molecule has 2 rings (SSSR count). The Bertz CT molecular complexity index is 930. The average molecular weight is 378 g/mol. The van der Waals surface area contributed by atoms with E-state index in [1.54, 1.807) is 24.3 Å². The average Bonchev–Trinajstić information content (AvgIpc) is 2.75. The Morgan fingerprint density at radius 2 is 1.86 bits per heavy atom. The second-order valence-electron chi connectivity index (χ2n) is 6.06. The van der Waals surface area contributed by atoms with Crippen molar-refractivity contribution >= 4 is 17.5 Å². The molecular weight excluding hydrogens is 359 g/mol. The van der Waals surface area contributed by atoms with Gasteiger partial charge in [0, 0.05) is 17.7 Å². The first-order valence-corrected chi connectivity index (χ1v) is 8.78.